The van der Waals surface area contributed by atoms with E-state index in [0.29, 0.717) is 13.0 Å². The molecule has 0 aliphatic carbocycles. The van der Waals surface area contributed by atoms with E-state index in [9.17, 15) is 9.59 Å². The van der Waals surface area contributed by atoms with Crippen molar-refractivity contribution in [3.63, 3.8) is 0 Å². The van der Waals surface area contributed by atoms with Crippen LogP contribution < -0.4 is 0 Å². The van der Waals surface area contributed by atoms with Gasteiger partial charge in [0.15, 0.2) is 0 Å². The van der Waals surface area contributed by atoms with Crippen molar-refractivity contribution in [3.8, 4) is 0 Å². The second-order valence-electron chi connectivity index (χ2n) is 7.64. The van der Waals surface area contributed by atoms with E-state index in [4.69, 9.17) is 0 Å². The molecular weight excluding hydrogens is 302 g/mol. The molecule has 1 spiro atoms. The fraction of sp³-hybridized carbons (Fsp3) is 0.789. The Morgan fingerprint density at radius 1 is 1.38 bits per heavy atom. The highest BCUT2D eigenvalue weighted by molar-refractivity contribution is 5.79. The predicted molar refractivity (Wildman–Crippen MR) is 96.6 cm³/mol. The Bertz CT molecular complexity index is 469. The van der Waals surface area contributed by atoms with E-state index < -0.39 is 0 Å². The summed E-state index contributed by atoms with van der Waals surface area (Å²) in [5.74, 6) is 0.574. The SMILES string of the molecule is C=CCN1CC2(CCC1=O)CCN(C(=O)[C@@H](C)CN(C)CC)CC2. The van der Waals surface area contributed by atoms with Crippen molar-refractivity contribution in [3.05, 3.63) is 12.7 Å². The van der Waals surface area contributed by atoms with Gasteiger partial charge in [0.05, 0.1) is 0 Å². The summed E-state index contributed by atoms with van der Waals surface area (Å²) in [7, 11) is 2.06. The molecule has 0 aromatic heterocycles. The molecule has 0 unspecified atom stereocenters. The Labute approximate surface area is 146 Å². The number of hydrogen-bond acceptors (Lipinski definition) is 3. The van der Waals surface area contributed by atoms with Crippen molar-refractivity contribution >= 4 is 11.8 Å². The molecule has 5 nitrogen and oxygen atoms in total. The van der Waals surface area contributed by atoms with Gasteiger partial charge in [-0.05, 0) is 38.3 Å². The lowest BCUT2D eigenvalue weighted by molar-refractivity contribution is -0.143. The van der Waals surface area contributed by atoms with Crippen molar-refractivity contribution in [1.29, 1.82) is 0 Å². The second kappa shape index (κ2) is 8.15. The average molecular weight is 335 g/mol. The third-order valence-electron chi connectivity index (χ3n) is 5.78. The third-order valence-corrected chi connectivity index (χ3v) is 5.78. The topological polar surface area (TPSA) is 43.9 Å². The number of amides is 2. The first-order valence-corrected chi connectivity index (χ1v) is 9.27. The van der Waals surface area contributed by atoms with Crippen molar-refractivity contribution in [2.24, 2.45) is 11.3 Å². The molecule has 0 bridgehead atoms. The zero-order valence-corrected chi connectivity index (χ0v) is 15.6. The predicted octanol–water partition coefficient (Wildman–Crippen LogP) is 1.99. The van der Waals surface area contributed by atoms with Crippen LogP contribution in [0.5, 0.6) is 0 Å². The van der Waals surface area contributed by atoms with Gasteiger partial charge in [-0.25, -0.2) is 0 Å². The summed E-state index contributed by atoms with van der Waals surface area (Å²) in [5, 5.41) is 0. The molecule has 136 valence electrons. The number of piperidine rings is 2. The number of hydrogen-bond donors (Lipinski definition) is 0. The van der Waals surface area contributed by atoms with Crippen LogP contribution in [0.25, 0.3) is 0 Å². The summed E-state index contributed by atoms with van der Waals surface area (Å²) in [4.78, 5) is 30.8. The smallest absolute Gasteiger partial charge is 0.226 e. The molecule has 2 rings (SSSR count). The van der Waals surface area contributed by atoms with E-state index in [1.165, 1.54) is 0 Å². The first kappa shape index (κ1) is 19.0. The highest BCUT2D eigenvalue weighted by atomic mass is 16.2. The lowest BCUT2D eigenvalue weighted by atomic mass is 9.72. The molecule has 24 heavy (non-hydrogen) atoms. The van der Waals surface area contributed by atoms with Crippen LogP contribution in [0.2, 0.25) is 0 Å². The summed E-state index contributed by atoms with van der Waals surface area (Å²) in [6, 6.07) is 0. The molecule has 2 heterocycles. The van der Waals surface area contributed by atoms with Gasteiger partial charge in [-0.3, -0.25) is 9.59 Å². The van der Waals surface area contributed by atoms with Gasteiger partial charge in [0, 0.05) is 45.1 Å². The van der Waals surface area contributed by atoms with Crippen LogP contribution in [0.1, 0.15) is 39.5 Å². The largest absolute Gasteiger partial charge is 0.342 e. The van der Waals surface area contributed by atoms with Crippen molar-refractivity contribution in [2.75, 3.05) is 46.3 Å². The fourth-order valence-corrected chi connectivity index (χ4v) is 4.02. The summed E-state index contributed by atoms with van der Waals surface area (Å²) in [6.07, 6.45) is 5.43. The Morgan fingerprint density at radius 2 is 2.04 bits per heavy atom. The number of carbonyl (C=O) groups is 2. The molecule has 5 heteroatoms. The summed E-state index contributed by atoms with van der Waals surface area (Å²) in [6.45, 7) is 12.8. The van der Waals surface area contributed by atoms with E-state index >= 15 is 0 Å². The Kier molecular flexibility index (Phi) is 6.44. The second-order valence-corrected chi connectivity index (χ2v) is 7.64. The van der Waals surface area contributed by atoms with Gasteiger partial charge in [-0.1, -0.05) is 19.9 Å². The number of rotatable bonds is 6. The van der Waals surface area contributed by atoms with Crippen LogP contribution in [0.4, 0.5) is 0 Å². The van der Waals surface area contributed by atoms with E-state index in [-0.39, 0.29) is 23.1 Å². The molecule has 0 N–H and O–H groups in total. The van der Waals surface area contributed by atoms with Crippen LogP contribution in [-0.2, 0) is 9.59 Å². The number of likely N-dealkylation sites (tertiary alicyclic amines) is 2. The van der Waals surface area contributed by atoms with Crippen LogP contribution >= 0.6 is 0 Å². The summed E-state index contributed by atoms with van der Waals surface area (Å²) < 4.78 is 0. The lowest BCUT2D eigenvalue weighted by Crippen LogP contribution is -2.53. The molecule has 2 saturated heterocycles. The van der Waals surface area contributed by atoms with E-state index in [1.54, 1.807) is 0 Å². The van der Waals surface area contributed by atoms with Crippen molar-refractivity contribution in [1.82, 2.24) is 14.7 Å². The summed E-state index contributed by atoms with van der Waals surface area (Å²) >= 11 is 0. The quantitative estimate of drug-likeness (QED) is 0.697. The molecular formula is C19H33N3O2. The van der Waals surface area contributed by atoms with E-state index in [1.807, 2.05) is 22.8 Å². The standard InChI is InChI=1S/C19H33N3O2/c1-5-11-22-15-19(8-7-17(22)23)9-12-21(13-10-19)18(24)16(3)14-20(4)6-2/h5,16H,1,6-15H2,2-4H3/t16-/m0/s1. The number of carbonyl (C=O) groups excluding carboxylic acids is 2. The van der Waals surface area contributed by atoms with E-state index in [2.05, 4.69) is 25.5 Å². The maximum absolute atomic E-state index is 12.7. The third kappa shape index (κ3) is 4.38. The van der Waals surface area contributed by atoms with Crippen molar-refractivity contribution in [2.45, 2.75) is 39.5 Å². The Hall–Kier alpha value is -1.36. The molecule has 2 aliphatic rings. The molecule has 2 fully saturated rings. The van der Waals surface area contributed by atoms with Crippen molar-refractivity contribution < 1.29 is 9.59 Å². The van der Waals surface area contributed by atoms with Crippen LogP contribution in [0.15, 0.2) is 12.7 Å². The maximum atomic E-state index is 12.7. The number of nitrogens with zero attached hydrogens (tertiary/aromatic N) is 3. The van der Waals surface area contributed by atoms with Gasteiger partial charge in [-0.2, -0.15) is 0 Å². The zero-order valence-electron chi connectivity index (χ0n) is 15.6. The highest BCUT2D eigenvalue weighted by Crippen LogP contribution is 2.40. The van der Waals surface area contributed by atoms with Gasteiger partial charge in [-0.15, -0.1) is 6.58 Å². The van der Waals surface area contributed by atoms with Crippen LogP contribution in [0.3, 0.4) is 0 Å². The fourth-order valence-electron chi connectivity index (χ4n) is 4.02. The molecule has 2 amide bonds. The molecule has 2 aliphatic heterocycles. The Morgan fingerprint density at radius 3 is 2.62 bits per heavy atom. The maximum Gasteiger partial charge on any atom is 0.226 e. The van der Waals surface area contributed by atoms with Crippen LogP contribution in [0, 0.1) is 11.3 Å². The molecule has 0 aromatic rings. The first-order valence-electron chi connectivity index (χ1n) is 9.27. The minimum absolute atomic E-state index is 0.0502. The molecule has 1 atom stereocenters. The van der Waals surface area contributed by atoms with Gasteiger partial charge < -0.3 is 14.7 Å². The highest BCUT2D eigenvalue weighted by Gasteiger charge is 2.41. The minimum Gasteiger partial charge on any atom is -0.342 e. The van der Waals surface area contributed by atoms with Gasteiger partial charge in [0.25, 0.3) is 0 Å². The molecule has 0 aromatic carbocycles. The normalized spacial score (nSPS) is 22.1. The molecule has 0 saturated carbocycles. The van der Waals surface area contributed by atoms with Crippen LogP contribution in [-0.4, -0.2) is 72.8 Å². The minimum atomic E-state index is 0.0502. The first-order chi connectivity index (χ1) is 11.4. The average Bonchev–Trinajstić information content (AvgIpc) is 2.58. The molecule has 0 radical (unpaired) electrons. The van der Waals surface area contributed by atoms with E-state index in [0.717, 1.165) is 52.0 Å². The Balaban J connectivity index is 1.89. The monoisotopic (exact) mass is 335 g/mol. The van der Waals surface area contributed by atoms with Gasteiger partial charge in [0.1, 0.15) is 0 Å². The summed E-state index contributed by atoms with van der Waals surface area (Å²) in [5.41, 5.74) is 0.206. The van der Waals surface area contributed by atoms with Gasteiger partial charge >= 0.3 is 0 Å². The van der Waals surface area contributed by atoms with Gasteiger partial charge in [0.2, 0.25) is 11.8 Å². The zero-order chi connectivity index (χ0) is 17.7. The lowest BCUT2D eigenvalue weighted by Gasteiger charge is -2.47.